The highest BCUT2D eigenvalue weighted by Gasteiger charge is 2.20. The molecule has 0 aliphatic heterocycles. The quantitative estimate of drug-likeness (QED) is 0.902. The molecule has 2 rings (SSSR count). The minimum atomic E-state index is -0.863. The highest BCUT2D eigenvalue weighted by atomic mass is 32.2. The Kier molecular flexibility index (Phi) is 4.27. The maximum absolute atomic E-state index is 11.3. The van der Waals surface area contributed by atoms with E-state index < -0.39 is 5.97 Å². The van der Waals surface area contributed by atoms with Gasteiger partial charge >= 0.3 is 5.97 Å². The fourth-order valence-electron chi connectivity index (χ4n) is 2.51. The Bertz CT molecular complexity index is 453. The predicted molar refractivity (Wildman–Crippen MR) is 73.4 cm³/mol. The number of aromatic nitrogens is 1. The van der Waals surface area contributed by atoms with Gasteiger partial charge in [-0.1, -0.05) is 19.3 Å². The van der Waals surface area contributed by atoms with Crippen molar-refractivity contribution in [1.29, 1.82) is 0 Å². The molecule has 1 aromatic heterocycles. The summed E-state index contributed by atoms with van der Waals surface area (Å²) in [5.41, 5.74) is 1.91. The summed E-state index contributed by atoms with van der Waals surface area (Å²) in [6.07, 6.45) is 6.25. The first-order valence-electron chi connectivity index (χ1n) is 6.46. The van der Waals surface area contributed by atoms with Gasteiger partial charge in [0.1, 0.15) is 0 Å². The molecule has 0 radical (unpaired) electrons. The van der Waals surface area contributed by atoms with E-state index in [-0.39, 0.29) is 0 Å². The third-order valence-corrected chi connectivity index (χ3v) is 4.73. The van der Waals surface area contributed by atoms with Crippen molar-refractivity contribution in [2.75, 3.05) is 0 Å². The van der Waals surface area contributed by atoms with Gasteiger partial charge in [0.05, 0.1) is 11.3 Å². The maximum Gasteiger partial charge on any atom is 0.338 e. The van der Waals surface area contributed by atoms with E-state index in [4.69, 9.17) is 0 Å². The molecule has 1 heterocycles. The molecule has 98 valence electrons. The van der Waals surface area contributed by atoms with E-state index in [1.54, 1.807) is 18.7 Å². The van der Waals surface area contributed by atoms with Crippen LogP contribution in [0.4, 0.5) is 0 Å². The number of carboxylic acid groups (broad SMARTS) is 1. The molecule has 1 fully saturated rings. The summed E-state index contributed by atoms with van der Waals surface area (Å²) in [6, 6.07) is 1.91. The average molecular weight is 265 g/mol. The maximum atomic E-state index is 11.3. The summed E-state index contributed by atoms with van der Waals surface area (Å²) >= 11 is 1.73. The van der Waals surface area contributed by atoms with Crippen LogP contribution in [0, 0.1) is 13.8 Å². The summed E-state index contributed by atoms with van der Waals surface area (Å²) in [4.78, 5) is 16.5. The van der Waals surface area contributed by atoms with Crippen molar-refractivity contribution in [3.8, 4) is 0 Å². The monoisotopic (exact) mass is 265 g/mol. The lowest BCUT2D eigenvalue weighted by atomic mass is 10.0. The van der Waals surface area contributed by atoms with Gasteiger partial charge in [-0.3, -0.25) is 4.98 Å². The zero-order chi connectivity index (χ0) is 13.1. The molecule has 1 aliphatic rings. The first-order valence-corrected chi connectivity index (χ1v) is 7.34. The topological polar surface area (TPSA) is 50.2 Å². The van der Waals surface area contributed by atoms with Gasteiger partial charge in [0.2, 0.25) is 0 Å². The lowest BCUT2D eigenvalue weighted by Gasteiger charge is -2.22. The Labute approximate surface area is 112 Å². The molecule has 0 unspecified atom stereocenters. The smallest absolute Gasteiger partial charge is 0.338 e. The number of carboxylic acids is 1. The van der Waals surface area contributed by atoms with Crippen molar-refractivity contribution < 1.29 is 9.90 Å². The minimum absolute atomic E-state index is 0.385. The van der Waals surface area contributed by atoms with Crippen molar-refractivity contribution in [3.63, 3.8) is 0 Å². The lowest BCUT2D eigenvalue weighted by molar-refractivity contribution is 0.0691. The third kappa shape index (κ3) is 3.05. The highest BCUT2D eigenvalue weighted by molar-refractivity contribution is 8.00. The van der Waals surface area contributed by atoms with Gasteiger partial charge in [0.25, 0.3) is 0 Å². The van der Waals surface area contributed by atoms with Crippen LogP contribution in [0.15, 0.2) is 11.0 Å². The molecule has 3 nitrogen and oxygen atoms in total. The van der Waals surface area contributed by atoms with Crippen molar-refractivity contribution in [3.05, 3.63) is 23.0 Å². The summed E-state index contributed by atoms with van der Waals surface area (Å²) < 4.78 is 0. The van der Waals surface area contributed by atoms with Crippen LogP contribution in [0.25, 0.3) is 0 Å². The second-order valence-electron chi connectivity index (χ2n) is 4.91. The van der Waals surface area contributed by atoms with E-state index in [0.717, 1.165) is 10.6 Å². The summed E-state index contributed by atoms with van der Waals surface area (Å²) in [5.74, 6) is -0.863. The molecule has 0 aromatic carbocycles. The molecule has 0 atom stereocenters. The van der Waals surface area contributed by atoms with Gasteiger partial charge in [0, 0.05) is 15.8 Å². The van der Waals surface area contributed by atoms with E-state index in [9.17, 15) is 9.90 Å². The second kappa shape index (κ2) is 5.74. The SMILES string of the molecule is Cc1cc(SC2CCCCC2)c(C(=O)O)c(C)n1. The van der Waals surface area contributed by atoms with Crippen LogP contribution >= 0.6 is 11.8 Å². The van der Waals surface area contributed by atoms with E-state index >= 15 is 0 Å². The number of nitrogens with zero attached hydrogens (tertiary/aromatic N) is 1. The molecule has 18 heavy (non-hydrogen) atoms. The number of carbonyl (C=O) groups is 1. The normalized spacial score (nSPS) is 16.8. The molecule has 0 amide bonds. The van der Waals surface area contributed by atoms with Gasteiger partial charge < -0.3 is 5.11 Å². The van der Waals surface area contributed by atoms with Gasteiger partial charge in [-0.25, -0.2) is 4.79 Å². The van der Waals surface area contributed by atoms with Crippen LogP contribution in [0.1, 0.15) is 53.8 Å². The van der Waals surface area contributed by atoms with E-state index in [0.29, 0.717) is 16.5 Å². The fourth-order valence-corrected chi connectivity index (χ4v) is 4.03. The van der Waals surface area contributed by atoms with Gasteiger partial charge in [-0.15, -0.1) is 11.8 Å². The van der Waals surface area contributed by atoms with E-state index in [1.165, 1.54) is 32.1 Å². The van der Waals surface area contributed by atoms with Crippen LogP contribution in [0.3, 0.4) is 0 Å². The van der Waals surface area contributed by atoms with Crippen molar-refractivity contribution in [1.82, 2.24) is 4.98 Å². The van der Waals surface area contributed by atoms with Crippen molar-refractivity contribution >= 4 is 17.7 Å². The molecular formula is C14H19NO2S. The van der Waals surface area contributed by atoms with Gasteiger partial charge in [-0.2, -0.15) is 0 Å². The summed E-state index contributed by atoms with van der Waals surface area (Å²) in [6.45, 7) is 3.70. The van der Waals surface area contributed by atoms with Crippen molar-refractivity contribution in [2.24, 2.45) is 0 Å². The largest absolute Gasteiger partial charge is 0.478 e. The fraction of sp³-hybridized carbons (Fsp3) is 0.571. The number of pyridine rings is 1. The predicted octanol–water partition coefficient (Wildman–Crippen LogP) is 3.82. The van der Waals surface area contributed by atoms with Crippen LogP contribution in [-0.2, 0) is 0 Å². The molecule has 4 heteroatoms. The first-order chi connectivity index (χ1) is 8.58. The number of rotatable bonds is 3. The van der Waals surface area contributed by atoms with Crippen LogP contribution in [0.2, 0.25) is 0 Å². The highest BCUT2D eigenvalue weighted by Crippen LogP contribution is 2.36. The number of aryl methyl sites for hydroxylation is 2. The Hall–Kier alpha value is -1.03. The van der Waals surface area contributed by atoms with Crippen LogP contribution in [-0.4, -0.2) is 21.3 Å². The van der Waals surface area contributed by atoms with Gasteiger partial charge in [0.15, 0.2) is 0 Å². The standard InChI is InChI=1S/C14H19NO2S/c1-9-8-12(13(14(16)17)10(2)15-9)18-11-6-4-3-5-7-11/h8,11H,3-7H2,1-2H3,(H,16,17). The molecule has 0 spiro atoms. The number of hydrogen-bond acceptors (Lipinski definition) is 3. The average Bonchev–Trinajstić information content (AvgIpc) is 2.28. The van der Waals surface area contributed by atoms with Crippen LogP contribution < -0.4 is 0 Å². The molecular weight excluding hydrogens is 246 g/mol. The second-order valence-corrected chi connectivity index (χ2v) is 6.25. The number of thioether (sulfide) groups is 1. The molecule has 1 aromatic rings. The number of hydrogen-bond donors (Lipinski definition) is 1. The van der Waals surface area contributed by atoms with E-state index in [2.05, 4.69) is 4.98 Å². The van der Waals surface area contributed by atoms with Crippen molar-refractivity contribution in [2.45, 2.75) is 56.1 Å². The Morgan fingerprint density at radius 2 is 2.00 bits per heavy atom. The van der Waals surface area contributed by atoms with Gasteiger partial charge in [-0.05, 0) is 32.8 Å². The summed E-state index contributed by atoms with van der Waals surface area (Å²) in [5, 5.41) is 9.88. The molecule has 0 saturated heterocycles. The van der Waals surface area contributed by atoms with E-state index in [1.807, 2.05) is 13.0 Å². The van der Waals surface area contributed by atoms with Crippen LogP contribution in [0.5, 0.6) is 0 Å². The Morgan fingerprint density at radius 3 is 2.61 bits per heavy atom. The molecule has 1 N–H and O–H groups in total. The lowest BCUT2D eigenvalue weighted by Crippen LogP contribution is -2.11. The Morgan fingerprint density at radius 1 is 1.33 bits per heavy atom. The Balaban J connectivity index is 2.27. The molecule has 1 saturated carbocycles. The third-order valence-electron chi connectivity index (χ3n) is 3.35. The minimum Gasteiger partial charge on any atom is -0.478 e. The molecule has 1 aliphatic carbocycles. The zero-order valence-corrected chi connectivity index (χ0v) is 11.7. The number of aromatic carboxylic acids is 1. The summed E-state index contributed by atoms with van der Waals surface area (Å²) in [7, 11) is 0. The zero-order valence-electron chi connectivity index (χ0n) is 10.9. The molecule has 0 bridgehead atoms. The first kappa shape index (κ1) is 13.4.